The van der Waals surface area contributed by atoms with Gasteiger partial charge in [-0.3, -0.25) is 9.59 Å². The Balaban J connectivity index is 2.90. The van der Waals surface area contributed by atoms with Crippen molar-refractivity contribution < 1.29 is 23.8 Å². The quantitative estimate of drug-likeness (QED) is 0.505. The van der Waals surface area contributed by atoms with Gasteiger partial charge in [-0.1, -0.05) is 13.3 Å². The number of Topliss-reactive ketones (excluding diaryl/α,β-unsaturated/α-hetero) is 1. The van der Waals surface area contributed by atoms with Gasteiger partial charge in [-0.05, 0) is 20.3 Å². The molecule has 0 radical (unpaired) electrons. The Kier molecular flexibility index (Phi) is 7.16. The SMILES string of the molecule is CCCC(C(=O)OCC)C(=O)C1(OCC)CCOCC1. The maximum atomic E-state index is 12.8. The molecule has 0 aliphatic carbocycles. The van der Waals surface area contributed by atoms with Crippen LogP contribution in [0, 0.1) is 5.92 Å². The fourth-order valence-corrected chi connectivity index (χ4v) is 2.64. The van der Waals surface area contributed by atoms with Crippen molar-refractivity contribution in [3.63, 3.8) is 0 Å². The second-order valence-corrected chi connectivity index (χ2v) is 5.00. The van der Waals surface area contributed by atoms with Crippen molar-refractivity contribution in [3.05, 3.63) is 0 Å². The van der Waals surface area contributed by atoms with Gasteiger partial charge in [-0.25, -0.2) is 0 Å². The summed E-state index contributed by atoms with van der Waals surface area (Å²) in [5.41, 5.74) is -0.875. The monoisotopic (exact) mass is 286 g/mol. The van der Waals surface area contributed by atoms with Crippen LogP contribution in [0.5, 0.6) is 0 Å². The zero-order chi connectivity index (χ0) is 15.0. The van der Waals surface area contributed by atoms with Gasteiger partial charge in [0.2, 0.25) is 0 Å². The summed E-state index contributed by atoms with van der Waals surface area (Å²) in [5.74, 6) is -1.28. The Hall–Kier alpha value is -0.940. The molecule has 1 saturated heterocycles. The van der Waals surface area contributed by atoms with Gasteiger partial charge < -0.3 is 14.2 Å². The van der Waals surface area contributed by atoms with Gasteiger partial charge in [-0.2, -0.15) is 0 Å². The molecule has 1 aliphatic rings. The number of ketones is 1. The molecule has 0 bridgehead atoms. The summed E-state index contributed by atoms with van der Waals surface area (Å²) in [4.78, 5) is 24.9. The third-order valence-corrected chi connectivity index (χ3v) is 3.64. The molecule has 0 N–H and O–H groups in total. The summed E-state index contributed by atoms with van der Waals surface area (Å²) in [6.45, 7) is 7.30. The first-order chi connectivity index (χ1) is 9.61. The number of ether oxygens (including phenoxy) is 3. The van der Waals surface area contributed by atoms with Gasteiger partial charge >= 0.3 is 5.97 Å². The van der Waals surface area contributed by atoms with Crippen LogP contribution in [-0.2, 0) is 23.8 Å². The van der Waals surface area contributed by atoms with Crippen molar-refractivity contribution in [2.45, 2.75) is 52.1 Å². The molecule has 1 atom stereocenters. The maximum absolute atomic E-state index is 12.8. The van der Waals surface area contributed by atoms with Gasteiger partial charge in [0.25, 0.3) is 0 Å². The van der Waals surface area contributed by atoms with Crippen molar-refractivity contribution in [2.75, 3.05) is 26.4 Å². The maximum Gasteiger partial charge on any atom is 0.316 e. The van der Waals surface area contributed by atoms with E-state index in [-0.39, 0.29) is 12.4 Å². The molecule has 1 rings (SSSR count). The molecule has 0 aromatic rings. The predicted molar refractivity (Wildman–Crippen MR) is 74.4 cm³/mol. The fourth-order valence-electron chi connectivity index (χ4n) is 2.64. The molecule has 116 valence electrons. The smallest absolute Gasteiger partial charge is 0.316 e. The molecule has 0 aromatic carbocycles. The minimum atomic E-state index is -0.875. The van der Waals surface area contributed by atoms with Crippen LogP contribution in [0.1, 0.15) is 46.5 Å². The third kappa shape index (κ3) is 4.03. The Morgan fingerprint density at radius 2 is 1.80 bits per heavy atom. The largest absolute Gasteiger partial charge is 0.465 e. The first-order valence-corrected chi connectivity index (χ1v) is 7.54. The zero-order valence-electron chi connectivity index (χ0n) is 12.8. The van der Waals surface area contributed by atoms with E-state index in [9.17, 15) is 9.59 Å². The molecule has 1 unspecified atom stereocenters. The van der Waals surface area contributed by atoms with E-state index >= 15 is 0 Å². The Bertz CT molecular complexity index is 315. The number of hydrogen-bond donors (Lipinski definition) is 0. The average Bonchev–Trinajstić information content (AvgIpc) is 2.45. The summed E-state index contributed by atoms with van der Waals surface area (Å²) in [7, 11) is 0. The third-order valence-electron chi connectivity index (χ3n) is 3.64. The van der Waals surface area contributed by atoms with E-state index < -0.39 is 17.5 Å². The van der Waals surface area contributed by atoms with E-state index in [1.54, 1.807) is 6.92 Å². The van der Waals surface area contributed by atoms with Crippen LogP contribution >= 0.6 is 0 Å². The Morgan fingerprint density at radius 3 is 2.30 bits per heavy atom. The summed E-state index contributed by atoms with van der Waals surface area (Å²) in [6, 6.07) is 0. The van der Waals surface area contributed by atoms with E-state index in [1.165, 1.54) is 0 Å². The van der Waals surface area contributed by atoms with Crippen LogP contribution in [-0.4, -0.2) is 43.8 Å². The van der Waals surface area contributed by atoms with Crippen LogP contribution in [0.2, 0.25) is 0 Å². The summed E-state index contributed by atoms with van der Waals surface area (Å²) >= 11 is 0. The highest BCUT2D eigenvalue weighted by molar-refractivity contribution is 6.03. The fraction of sp³-hybridized carbons (Fsp3) is 0.867. The van der Waals surface area contributed by atoms with Crippen molar-refractivity contribution in [1.29, 1.82) is 0 Å². The lowest BCUT2D eigenvalue weighted by Crippen LogP contribution is -2.51. The van der Waals surface area contributed by atoms with E-state index in [2.05, 4.69) is 0 Å². The molecular weight excluding hydrogens is 260 g/mol. The van der Waals surface area contributed by atoms with Crippen molar-refractivity contribution >= 4 is 11.8 Å². The Morgan fingerprint density at radius 1 is 1.15 bits per heavy atom. The molecule has 0 spiro atoms. The van der Waals surface area contributed by atoms with Crippen LogP contribution in [0.15, 0.2) is 0 Å². The zero-order valence-corrected chi connectivity index (χ0v) is 12.8. The van der Waals surface area contributed by atoms with Gasteiger partial charge in [-0.15, -0.1) is 0 Å². The molecule has 5 heteroatoms. The highest BCUT2D eigenvalue weighted by atomic mass is 16.5. The minimum Gasteiger partial charge on any atom is -0.465 e. The minimum absolute atomic E-state index is 0.136. The lowest BCUT2D eigenvalue weighted by Gasteiger charge is -2.37. The molecule has 1 fully saturated rings. The lowest BCUT2D eigenvalue weighted by atomic mass is 9.81. The number of carbonyl (C=O) groups is 2. The first kappa shape index (κ1) is 17.1. The molecule has 1 aliphatic heterocycles. The molecule has 5 nitrogen and oxygen atoms in total. The highest BCUT2D eigenvalue weighted by Gasteiger charge is 2.46. The molecule has 1 heterocycles. The summed E-state index contributed by atoms with van der Waals surface area (Å²) in [5, 5.41) is 0. The predicted octanol–water partition coefficient (Wildman–Crippen LogP) is 2.12. The topological polar surface area (TPSA) is 61.8 Å². The highest BCUT2D eigenvalue weighted by Crippen LogP contribution is 2.31. The molecule has 0 amide bonds. The van der Waals surface area contributed by atoms with Crippen LogP contribution in [0.3, 0.4) is 0 Å². The van der Waals surface area contributed by atoms with Crippen LogP contribution < -0.4 is 0 Å². The summed E-state index contributed by atoms with van der Waals surface area (Å²) < 4.78 is 16.1. The molecular formula is C15H26O5. The second-order valence-electron chi connectivity index (χ2n) is 5.00. The van der Waals surface area contributed by atoms with E-state index in [0.29, 0.717) is 39.1 Å². The van der Waals surface area contributed by atoms with Crippen LogP contribution in [0.4, 0.5) is 0 Å². The lowest BCUT2D eigenvalue weighted by molar-refractivity contribution is -0.169. The number of carbonyl (C=O) groups excluding carboxylic acids is 2. The van der Waals surface area contributed by atoms with Crippen molar-refractivity contribution in [3.8, 4) is 0 Å². The van der Waals surface area contributed by atoms with Crippen LogP contribution in [0.25, 0.3) is 0 Å². The molecule has 0 saturated carbocycles. The van der Waals surface area contributed by atoms with Crippen molar-refractivity contribution in [1.82, 2.24) is 0 Å². The number of hydrogen-bond acceptors (Lipinski definition) is 5. The molecule has 0 aromatic heterocycles. The van der Waals surface area contributed by atoms with E-state index in [4.69, 9.17) is 14.2 Å². The number of rotatable bonds is 8. The number of esters is 1. The Labute approximate surface area is 121 Å². The van der Waals surface area contributed by atoms with E-state index in [1.807, 2.05) is 13.8 Å². The second kappa shape index (κ2) is 8.37. The van der Waals surface area contributed by atoms with Crippen molar-refractivity contribution in [2.24, 2.45) is 5.92 Å². The summed E-state index contributed by atoms with van der Waals surface area (Å²) in [6.07, 6.45) is 2.29. The average molecular weight is 286 g/mol. The van der Waals surface area contributed by atoms with Gasteiger partial charge in [0.15, 0.2) is 5.78 Å². The molecule has 20 heavy (non-hydrogen) atoms. The standard InChI is InChI=1S/C15H26O5/c1-4-7-12(14(17)19-5-2)13(16)15(20-6-3)8-10-18-11-9-15/h12H,4-11H2,1-3H3. The van der Waals surface area contributed by atoms with Gasteiger partial charge in [0.05, 0.1) is 6.61 Å². The normalized spacial score (nSPS) is 19.4. The van der Waals surface area contributed by atoms with E-state index in [0.717, 1.165) is 6.42 Å². The first-order valence-electron chi connectivity index (χ1n) is 7.54. The van der Waals surface area contributed by atoms with Gasteiger partial charge in [0.1, 0.15) is 11.5 Å². The van der Waals surface area contributed by atoms with Gasteiger partial charge in [0, 0.05) is 32.7 Å².